The lowest BCUT2D eigenvalue weighted by Gasteiger charge is -2.19. The molecule has 1 fully saturated rings. The van der Waals surface area contributed by atoms with E-state index in [2.05, 4.69) is 17.5 Å². The molecule has 2 rings (SSSR count). The van der Waals surface area contributed by atoms with Crippen LogP contribution >= 0.6 is 12.2 Å². The van der Waals surface area contributed by atoms with Crippen molar-refractivity contribution in [2.24, 2.45) is 17.6 Å². The molecule has 2 bridgehead atoms. The standard InChI is InChI=1S/C8H12N2S/c9-8(11)10-7-4-5-1-2-6(7)3-5/h1-2,5-7H,3-4H2,(H3,9,10,11)/t5-,6+,7+/m0/s1. The highest BCUT2D eigenvalue weighted by Gasteiger charge is 2.35. The quantitative estimate of drug-likeness (QED) is 0.449. The Balaban J connectivity index is 1.98. The maximum Gasteiger partial charge on any atom is 0.163 e. The minimum Gasteiger partial charge on any atom is -0.376 e. The summed E-state index contributed by atoms with van der Waals surface area (Å²) in [6.45, 7) is 0. The van der Waals surface area contributed by atoms with Crippen LogP contribution in [0.5, 0.6) is 0 Å². The number of hydrogen-bond acceptors (Lipinski definition) is 1. The fourth-order valence-corrected chi connectivity index (χ4v) is 2.28. The number of nitrogens with one attached hydrogen (secondary N) is 1. The SMILES string of the molecule is NC(=S)N[C@@H]1C[C@H]2C=C[C@@H]1C2. The first-order valence-corrected chi connectivity index (χ1v) is 4.41. The Labute approximate surface area is 71.8 Å². The summed E-state index contributed by atoms with van der Waals surface area (Å²) in [7, 11) is 0. The van der Waals surface area contributed by atoms with Crippen LogP contribution < -0.4 is 11.1 Å². The van der Waals surface area contributed by atoms with Crippen molar-refractivity contribution >= 4 is 17.3 Å². The number of hydrogen-bond donors (Lipinski definition) is 2. The van der Waals surface area contributed by atoms with Gasteiger partial charge in [-0.05, 0) is 36.9 Å². The summed E-state index contributed by atoms with van der Waals surface area (Å²) in [5, 5.41) is 3.57. The predicted octanol–water partition coefficient (Wildman–Crippen LogP) is 0.784. The van der Waals surface area contributed by atoms with Crippen LogP contribution in [0.25, 0.3) is 0 Å². The summed E-state index contributed by atoms with van der Waals surface area (Å²) < 4.78 is 0. The normalized spacial score (nSPS) is 39.5. The molecule has 0 heterocycles. The van der Waals surface area contributed by atoms with Crippen molar-refractivity contribution in [1.29, 1.82) is 0 Å². The Morgan fingerprint density at radius 3 is 2.73 bits per heavy atom. The van der Waals surface area contributed by atoms with Gasteiger partial charge in [0.1, 0.15) is 0 Å². The highest BCUT2D eigenvalue weighted by Crippen LogP contribution is 2.38. The van der Waals surface area contributed by atoms with Crippen LogP contribution in [0, 0.1) is 11.8 Å². The molecule has 0 aliphatic heterocycles. The molecule has 0 radical (unpaired) electrons. The van der Waals surface area contributed by atoms with E-state index >= 15 is 0 Å². The minimum absolute atomic E-state index is 0.441. The van der Waals surface area contributed by atoms with E-state index < -0.39 is 0 Å². The molecule has 0 saturated heterocycles. The molecule has 0 unspecified atom stereocenters. The number of allylic oxidation sites excluding steroid dienone is 1. The Morgan fingerprint density at radius 1 is 1.45 bits per heavy atom. The summed E-state index contributed by atoms with van der Waals surface area (Å²) in [5.41, 5.74) is 5.40. The van der Waals surface area contributed by atoms with Gasteiger partial charge in [0.05, 0.1) is 0 Å². The molecule has 2 aliphatic rings. The van der Waals surface area contributed by atoms with Gasteiger partial charge in [0.2, 0.25) is 0 Å². The molecule has 0 spiro atoms. The predicted molar refractivity (Wildman–Crippen MR) is 49.1 cm³/mol. The molecule has 0 aromatic carbocycles. The lowest BCUT2D eigenvalue weighted by Crippen LogP contribution is -2.40. The molecule has 2 aliphatic carbocycles. The third-order valence-electron chi connectivity index (χ3n) is 2.61. The Kier molecular flexibility index (Phi) is 1.60. The van der Waals surface area contributed by atoms with E-state index in [4.69, 9.17) is 18.0 Å². The third-order valence-corrected chi connectivity index (χ3v) is 2.72. The van der Waals surface area contributed by atoms with E-state index in [0.29, 0.717) is 17.1 Å². The Morgan fingerprint density at radius 2 is 2.27 bits per heavy atom. The van der Waals surface area contributed by atoms with Gasteiger partial charge in [-0.3, -0.25) is 0 Å². The van der Waals surface area contributed by atoms with Crippen molar-refractivity contribution in [1.82, 2.24) is 5.32 Å². The van der Waals surface area contributed by atoms with Gasteiger partial charge < -0.3 is 11.1 Å². The molecule has 60 valence electrons. The monoisotopic (exact) mass is 168 g/mol. The molecule has 0 aromatic heterocycles. The molecular formula is C8H12N2S. The molecule has 11 heavy (non-hydrogen) atoms. The molecule has 0 amide bonds. The van der Waals surface area contributed by atoms with Gasteiger partial charge in [0, 0.05) is 6.04 Å². The zero-order valence-electron chi connectivity index (χ0n) is 6.29. The largest absolute Gasteiger partial charge is 0.376 e. The van der Waals surface area contributed by atoms with Crippen molar-refractivity contribution in [3.05, 3.63) is 12.2 Å². The van der Waals surface area contributed by atoms with Crippen LogP contribution in [0.4, 0.5) is 0 Å². The fourth-order valence-electron chi connectivity index (χ4n) is 2.13. The van der Waals surface area contributed by atoms with Gasteiger partial charge in [-0.2, -0.15) is 0 Å². The van der Waals surface area contributed by atoms with E-state index in [0.717, 1.165) is 5.92 Å². The van der Waals surface area contributed by atoms with Gasteiger partial charge in [-0.15, -0.1) is 0 Å². The number of nitrogens with two attached hydrogens (primary N) is 1. The first-order chi connectivity index (χ1) is 5.25. The lowest BCUT2D eigenvalue weighted by molar-refractivity contribution is 0.525. The van der Waals surface area contributed by atoms with Gasteiger partial charge in [0.15, 0.2) is 5.11 Å². The van der Waals surface area contributed by atoms with Crippen molar-refractivity contribution in [3.63, 3.8) is 0 Å². The van der Waals surface area contributed by atoms with Crippen molar-refractivity contribution in [3.8, 4) is 0 Å². The highest BCUT2D eigenvalue weighted by atomic mass is 32.1. The van der Waals surface area contributed by atoms with Crippen LogP contribution in [-0.2, 0) is 0 Å². The topological polar surface area (TPSA) is 38.0 Å². The van der Waals surface area contributed by atoms with Crippen LogP contribution in [0.15, 0.2) is 12.2 Å². The fraction of sp³-hybridized carbons (Fsp3) is 0.625. The van der Waals surface area contributed by atoms with Crippen molar-refractivity contribution in [2.75, 3.05) is 0 Å². The molecule has 3 atom stereocenters. The van der Waals surface area contributed by atoms with Crippen LogP contribution in [-0.4, -0.2) is 11.2 Å². The second-order valence-corrected chi connectivity index (χ2v) is 3.84. The highest BCUT2D eigenvalue weighted by molar-refractivity contribution is 7.80. The maximum atomic E-state index is 5.40. The average Bonchev–Trinajstić information content (AvgIpc) is 2.45. The maximum absolute atomic E-state index is 5.40. The van der Waals surface area contributed by atoms with E-state index in [1.807, 2.05) is 0 Å². The molecule has 3 heteroatoms. The third kappa shape index (κ3) is 1.25. The van der Waals surface area contributed by atoms with Crippen molar-refractivity contribution in [2.45, 2.75) is 18.9 Å². The van der Waals surface area contributed by atoms with E-state index in [1.165, 1.54) is 12.8 Å². The minimum atomic E-state index is 0.441. The first kappa shape index (κ1) is 7.10. The second-order valence-electron chi connectivity index (χ2n) is 3.40. The summed E-state index contributed by atoms with van der Waals surface area (Å²) in [6, 6.07) is 0.516. The molecule has 2 nitrogen and oxygen atoms in total. The van der Waals surface area contributed by atoms with Crippen LogP contribution in [0.1, 0.15) is 12.8 Å². The lowest BCUT2D eigenvalue weighted by atomic mass is 10.0. The van der Waals surface area contributed by atoms with Crippen molar-refractivity contribution < 1.29 is 0 Å². The summed E-state index contributed by atoms with van der Waals surface area (Å²) in [4.78, 5) is 0. The summed E-state index contributed by atoms with van der Waals surface area (Å²) >= 11 is 4.79. The molecule has 0 aromatic rings. The number of fused-ring (bicyclic) bond motifs is 2. The molecule has 3 N–H and O–H groups in total. The van der Waals surface area contributed by atoms with Gasteiger partial charge in [0.25, 0.3) is 0 Å². The van der Waals surface area contributed by atoms with Gasteiger partial charge in [-0.1, -0.05) is 12.2 Å². The first-order valence-electron chi connectivity index (χ1n) is 4.00. The smallest absolute Gasteiger partial charge is 0.163 e. The summed E-state index contributed by atoms with van der Waals surface area (Å²) in [6.07, 6.45) is 7.09. The van der Waals surface area contributed by atoms with E-state index in [9.17, 15) is 0 Å². The summed E-state index contributed by atoms with van der Waals surface area (Å²) in [5.74, 6) is 1.47. The zero-order chi connectivity index (χ0) is 7.84. The Hall–Kier alpha value is -0.570. The Bertz CT molecular complexity index is 212. The average molecular weight is 168 g/mol. The zero-order valence-corrected chi connectivity index (χ0v) is 7.10. The number of thiocarbonyl (C=S) groups is 1. The van der Waals surface area contributed by atoms with Crippen LogP contribution in [0.2, 0.25) is 0 Å². The van der Waals surface area contributed by atoms with Gasteiger partial charge >= 0.3 is 0 Å². The van der Waals surface area contributed by atoms with E-state index in [1.54, 1.807) is 0 Å². The van der Waals surface area contributed by atoms with Crippen LogP contribution in [0.3, 0.4) is 0 Å². The molecule has 1 saturated carbocycles. The van der Waals surface area contributed by atoms with E-state index in [-0.39, 0.29) is 0 Å². The van der Waals surface area contributed by atoms with Gasteiger partial charge in [-0.25, -0.2) is 0 Å². The molecular weight excluding hydrogens is 156 g/mol. The second kappa shape index (κ2) is 2.48. The number of rotatable bonds is 1.